The first-order valence-corrected chi connectivity index (χ1v) is 7.65. The number of hydrogen-bond acceptors (Lipinski definition) is 4. The number of nitrogens with zero attached hydrogens (tertiary/aromatic N) is 1. The van der Waals surface area contributed by atoms with Crippen molar-refractivity contribution < 1.29 is 4.74 Å². The molecule has 0 radical (unpaired) electrons. The van der Waals surface area contributed by atoms with Gasteiger partial charge in [-0.2, -0.15) is 0 Å². The average Bonchev–Trinajstić information content (AvgIpc) is 2.98. The van der Waals surface area contributed by atoms with Gasteiger partial charge < -0.3 is 10.5 Å². The molecule has 1 aromatic heterocycles. The summed E-state index contributed by atoms with van der Waals surface area (Å²) in [6.07, 6.45) is 2.69. The van der Waals surface area contributed by atoms with Gasteiger partial charge in [-0.1, -0.05) is 13.0 Å². The van der Waals surface area contributed by atoms with Crippen molar-refractivity contribution in [3.8, 4) is 0 Å². The predicted molar refractivity (Wildman–Crippen MR) is 74.7 cm³/mol. The molecule has 1 saturated heterocycles. The van der Waals surface area contributed by atoms with Crippen molar-refractivity contribution in [2.45, 2.75) is 38.4 Å². The highest BCUT2D eigenvalue weighted by Gasteiger charge is 2.42. The van der Waals surface area contributed by atoms with Gasteiger partial charge in [-0.15, -0.1) is 11.3 Å². The summed E-state index contributed by atoms with van der Waals surface area (Å²) in [4.78, 5) is 4.07. The number of ether oxygens (including phenoxy) is 1. The molecular formula is C14H22N2OS. The Morgan fingerprint density at radius 2 is 2.39 bits per heavy atom. The summed E-state index contributed by atoms with van der Waals surface area (Å²) in [6.45, 7) is 5.94. The van der Waals surface area contributed by atoms with Crippen molar-refractivity contribution in [2.75, 3.05) is 19.8 Å². The van der Waals surface area contributed by atoms with Crippen LogP contribution in [0.4, 0.5) is 0 Å². The van der Waals surface area contributed by atoms with E-state index in [0.29, 0.717) is 6.61 Å². The largest absolute Gasteiger partial charge is 0.379 e. The van der Waals surface area contributed by atoms with Gasteiger partial charge in [0.05, 0.1) is 13.2 Å². The molecule has 3 nitrogen and oxygen atoms in total. The van der Waals surface area contributed by atoms with E-state index in [1.165, 1.54) is 17.7 Å². The summed E-state index contributed by atoms with van der Waals surface area (Å²) in [5.74, 6) is 0. The summed E-state index contributed by atoms with van der Waals surface area (Å²) in [5.41, 5.74) is 6.33. The Kier molecular flexibility index (Phi) is 3.45. The normalized spacial score (nSPS) is 32.3. The molecule has 18 heavy (non-hydrogen) atoms. The Balaban J connectivity index is 1.67. The van der Waals surface area contributed by atoms with Crippen LogP contribution in [0.25, 0.3) is 0 Å². The predicted octanol–water partition coefficient (Wildman–Crippen LogP) is 2.08. The number of rotatable bonds is 5. The quantitative estimate of drug-likeness (QED) is 0.887. The lowest BCUT2D eigenvalue weighted by Gasteiger charge is -2.34. The molecule has 4 heteroatoms. The van der Waals surface area contributed by atoms with E-state index in [2.05, 4.69) is 29.3 Å². The lowest BCUT2D eigenvalue weighted by molar-refractivity contribution is 0.111. The van der Waals surface area contributed by atoms with Gasteiger partial charge in [0.2, 0.25) is 0 Å². The van der Waals surface area contributed by atoms with Crippen molar-refractivity contribution >= 4 is 11.3 Å². The summed E-state index contributed by atoms with van der Waals surface area (Å²) in [7, 11) is 0. The fourth-order valence-electron chi connectivity index (χ4n) is 2.71. The highest BCUT2D eigenvalue weighted by atomic mass is 32.1. The first-order valence-electron chi connectivity index (χ1n) is 6.77. The van der Waals surface area contributed by atoms with Crippen LogP contribution in [-0.2, 0) is 11.3 Å². The fourth-order valence-corrected chi connectivity index (χ4v) is 3.44. The average molecular weight is 266 g/mol. The van der Waals surface area contributed by atoms with Crippen LogP contribution in [-0.4, -0.2) is 36.7 Å². The topological polar surface area (TPSA) is 38.5 Å². The first kappa shape index (κ1) is 12.6. The van der Waals surface area contributed by atoms with Crippen LogP contribution in [0, 0.1) is 5.41 Å². The van der Waals surface area contributed by atoms with E-state index in [9.17, 15) is 0 Å². The second-order valence-corrected chi connectivity index (χ2v) is 7.02. The SMILES string of the molecule is CC1(CN(Cc2cccs2)C2CC2)COCC1N. The standard InChI is InChI=1S/C14H22N2OS/c1-14(10-17-8-13(14)15)9-16(11-4-5-11)7-12-3-2-6-18-12/h2-3,6,11,13H,4-5,7-10,15H2,1H3. The maximum absolute atomic E-state index is 6.21. The second-order valence-electron chi connectivity index (χ2n) is 5.99. The molecule has 1 aliphatic carbocycles. The van der Waals surface area contributed by atoms with E-state index in [0.717, 1.165) is 25.7 Å². The van der Waals surface area contributed by atoms with Gasteiger partial charge in [0.15, 0.2) is 0 Å². The fraction of sp³-hybridized carbons (Fsp3) is 0.714. The number of nitrogens with two attached hydrogens (primary N) is 1. The molecule has 1 aromatic rings. The lowest BCUT2D eigenvalue weighted by atomic mass is 9.85. The minimum atomic E-state index is 0.125. The van der Waals surface area contributed by atoms with Gasteiger partial charge in [-0.3, -0.25) is 4.90 Å². The van der Waals surface area contributed by atoms with Gasteiger partial charge in [-0.05, 0) is 24.3 Å². The number of thiophene rings is 1. The van der Waals surface area contributed by atoms with Crippen LogP contribution in [0.15, 0.2) is 17.5 Å². The molecule has 2 unspecified atom stereocenters. The molecule has 3 rings (SSSR count). The van der Waals surface area contributed by atoms with E-state index >= 15 is 0 Å². The van der Waals surface area contributed by atoms with Crippen LogP contribution >= 0.6 is 11.3 Å². The second kappa shape index (κ2) is 4.93. The zero-order valence-electron chi connectivity index (χ0n) is 11.0. The Labute approximate surface area is 113 Å². The van der Waals surface area contributed by atoms with Crippen LogP contribution < -0.4 is 5.73 Å². The van der Waals surface area contributed by atoms with Gasteiger partial charge in [0.25, 0.3) is 0 Å². The van der Waals surface area contributed by atoms with E-state index in [1.807, 2.05) is 11.3 Å². The Bertz CT molecular complexity index is 391. The third-order valence-electron chi connectivity index (χ3n) is 4.19. The maximum Gasteiger partial charge on any atom is 0.0624 e. The van der Waals surface area contributed by atoms with E-state index in [1.54, 1.807) is 0 Å². The molecule has 0 bridgehead atoms. The van der Waals surface area contributed by atoms with Crippen LogP contribution in [0.3, 0.4) is 0 Å². The van der Waals surface area contributed by atoms with Crippen molar-refractivity contribution in [3.63, 3.8) is 0 Å². The highest BCUT2D eigenvalue weighted by Crippen LogP contribution is 2.35. The summed E-state index contributed by atoms with van der Waals surface area (Å²) in [6, 6.07) is 5.32. The van der Waals surface area contributed by atoms with Gasteiger partial charge in [-0.25, -0.2) is 0 Å². The maximum atomic E-state index is 6.21. The summed E-state index contributed by atoms with van der Waals surface area (Å²) >= 11 is 1.85. The van der Waals surface area contributed by atoms with E-state index in [-0.39, 0.29) is 11.5 Å². The molecule has 2 aliphatic rings. The molecule has 100 valence electrons. The smallest absolute Gasteiger partial charge is 0.0624 e. The minimum absolute atomic E-state index is 0.125. The molecule has 2 fully saturated rings. The number of hydrogen-bond donors (Lipinski definition) is 1. The van der Waals surface area contributed by atoms with Crippen LogP contribution in [0.1, 0.15) is 24.6 Å². The molecule has 0 aromatic carbocycles. The zero-order chi connectivity index (χ0) is 12.6. The summed E-state index contributed by atoms with van der Waals surface area (Å²) in [5, 5.41) is 2.16. The van der Waals surface area contributed by atoms with Gasteiger partial charge in [0.1, 0.15) is 0 Å². The third kappa shape index (κ3) is 2.62. The lowest BCUT2D eigenvalue weighted by Crippen LogP contribution is -2.47. The van der Waals surface area contributed by atoms with E-state index < -0.39 is 0 Å². The monoisotopic (exact) mass is 266 g/mol. The highest BCUT2D eigenvalue weighted by molar-refractivity contribution is 7.09. The molecule has 0 amide bonds. The third-order valence-corrected chi connectivity index (χ3v) is 5.05. The van der Waals surface area contributed by atoms with Gasteiger partial charge >= 0.3 is 0 Å². The molecule has 2 heterocycles. The van der Waals surface area contributed by atoms with Crippen molar-refractivity contribution in [1.82, 2.24) is 4.90 Å². The van der Waals surface area contributed by atoms with Crippen LogP contribution in [0.5, 0.6) is 0 Å². The first-order chi connectivity index (χ1) is 8.67. The Morgan fingerprint density at radius 1 is 1.56 bits per heavy atom. The molecule has 0 spiro atoms. The Hall–Kier alpha value is -0.420. The molecular weight excluding hydrogens is 244 g/mol. The Morgan fingerprint density at radius 3 is 2.94 bits per heavy atom. The van der Waals surface area contributed by atoms with E-state index in [4.69, 9.17) is 10.5 Å². The minimum Gasteiger partial charge on any atom is -0.379 e. The van der Waals surface area contributed by atoms with Gasteiger partial charge in [0, 0.05) is 35.5 Å². The molecule has 1 saturated carbocycles. The van der Waals surface area contributed by atoms with Crippen molar-refractivity contribution in [1.29, 1.82) is 0 Å². The van der Waals surface area contributed by atoms with Crippen LogP contribution in [0.2, 0.25) is 0 Å². The van der Waals surface area contributed by atoms with Crippen molar-refractivity contribution in [2.24, 2.45) is 11.1 Å². The van der Waals surface area contributed by atoms with Crippen molar-refractivity contribution in [3.05, 3.63) is 22.4 Å². The summed E-state index contributed by atoms with van der Waals surface area (Å²) < 4.78 is 5.56. The molecule has 2 atom stereocenters. The molecule has 1 aliphatic heterocycles. The molecule has 2 N–H and O–H groups in total. The zero-order valence-corrected chi connectivity index (χ0v) is 11.8.